The van der Waals surface area contributed by atoms with Crippen molar-refractivity contribution in [1.29, 1.82) is 0 Å². The van der Waals surface area contributed by atoms with Gasteiger partial charge in [-0.15, -0.1) is 0 Å². The molecule has 136 valence electrons. The predicted octanol–water partition coefficient (Wildman–Crippen LogP) is 2.36. The highest BCUT2D eigenvalue weighted by molar-refractivity contribution is 5.74. The van der Waals surface area contributed by atoms with E-state index in [0.717, 1.165) is 12.8 Å². The van der Waals surface area contributed by atoms with Crippen LogP contribution in [0.4, 0.5) is 0 Å². The fourth-order valence-corrected chi connectivity index (χ4v) is 3.32. The minimum absolute atomic E-state index is 0.182. The second-order valence-corrected chi connectivity index (χ2v) is 6.25. The van der Waals surface area contributed by atoms with Crippen molar-refractivity contribution >= 4 is 5.91 Å². The number of carbonyl (C=O) groups is 1. The van der Waals surface area contributed by atoms with Crippen molar-refractivity contribution < 1.29 is 23.7 Å². The van der Waals surface area contributed by atoms with Gasteiger partial charge in [0.2, 0.25) is 12.7 Å². The van der Waals surface area contributed by atoms with E-state index in [4.69, 9.17) is 18.9 Å². The molecule has 7 nitrogen and oxygen atoms in total. The minimum atomic E-state index is -1.22. The summed E-state index contributed by atoms with van der Waals surface area (Å²) in [5.41, 5.74) is -0.642. The second-order valence-electron chi connectivity index (χ2n) is 6.25. The molecule has 1 aromatic heterocycles. The van der Waals surface area contributed by atoms with Gasteiger partial charge in [0.05, 0.1) is 0 Å². The van der Waals surface area contributed by atoms with Gasteiger partial charge >= 0.3 is 0 Å². The zero-order valence-electron chi connectivity index (χ0n) is 14.4. The third-order valence-corrected chi connectivity index (χ3v) is 4.41. The standard InChI is InChI=1S/C19H20N2O5/c1-13(22)21-19(18-6-4-10-23-18,17-5-2-3-9-20-17)26-14-7-8-15-16(11-14)25-12-24-15/h2-3,5,7-9,11,18H,4,6,10,12H2,1H3,(H,21,22). The van der Waals surface area contributed by atoms with E-state index in [0.29, 0.717) is 29.5 Å². The molecule has 1 saturated heterocycles. The SMILES string of the molecule is CC(=O)NC(Oc1ccc2c(c1)OCO2)(c1ccccn1)C1CCCO1. The first kappa shape index (κ1) is 16.7. The van der Waals surface area contributed by atoms with Gasteiger partial charge in [-0.3, -0.25) is 9.78 Å². The number of rotatable bonds is 5. The Labute approximate surface area is 151 Å². The Hall–Kier alpha value is -2.80. The Bertz CT molecular complexity index is 792. The van der Waals surface area contributed by atoms with Gasteiger partial charge in [0.25, 0.3) is 5.72 Å². The fourth-order valence-electron chi connectivity index (χ4n) is 3.32. The summed E-state index contributed by atoms with van der Waals surface area (Å²) >= 11 is 0. The first-order valence-corrected chi connectivity index (χ1v) is 8.58. The molecule has 0 radical (unpaired) electrons. The molecule has 2 atom stereocenters. The molecule has 1 aromatic carbocycles. The quantitative estimate of drug-likeness (QED) is 0.829. The van der Waals surface area contributed by atoms with Crippen LogP contribution < -0.4 is 19.5 Å². The average molecular weight is 356 g/mol. The van der Waals surface area contributed by atoms with Crippen LogP contribution in [-0.4, -0.2) is 30.4 Å². The summed E-state index contributed by atoms with van der Waals surface area (Å²) in [6.07, 6.45) is 2.96. The van der Waals surface area contributed by atoms with E-state index in [2.05, 4.69) is 10.3 Å². The zero-order valence-corrected chi connectivity index (χ0v) is 14.4. The Balaban J connectivity index is 1.77. The molecule has 1 N–H and O–H groups in total. The lowest BCUT2D eigenvalue weighted by molar-refractivity contribution is -0.138. The van der Waals surface area contributed by atoms with Crippen molar-refractivity contribution in [2.24, 2.45) is 0 Å². The van der Waals surface area contributed by atoms with Gasteiger partial charge in [-0.25, -0.2) is 0 Å². The molecule has 3 heterocycles. The Morgan fingerprint density at radius 3 is 2.88 bits per heavy atom. The van der Waals surface area contributed by atoms with E-state index >= 15 is 0 Å². The van der Waals surface area contributed by atoms with E-state index < -0.39 is 5.72 Å². The highest BCUT2D eigenvalue weighted by Gasteiger charge is 2.48. The van der Waals surface area contributed by atoms with Crippen molar-refractivity contribution in [3.05, 3.63) is 48.3 Å². The molecule has 2 unspecified atom stereocenters. The van der Waals surface area contributed by atoms with Crippen LogP contribution in [-0.2, 0) is 15.3 Å². The number of hydrogen-bond donors (Lipinski definition) is 1. The normalized spacial score (nSPS) is 20.4. The lowest BCUT2D eigenvalue weighted by atomic mass is 9.98. The molecule has 2 aliphatic heterocycles. The van der Waals surface area contributed by atoms with Crippen LogP contribution in [0.1, 0.15) is 25.5 Å². The molecule has 26 heavy (non-hydrogen) atoms. The highest BCUT2D eigenvalue weighted by Crippen LogP contribution is 2.39. The number of aromatic nitrogens is 1. The first-order valence-electron chi connectivity index (χ1n) is 8.58. The molecule has 7 heteroatoms. The number of pyridine rings is 1. The van der Waals surface area contributed by atoms with Gasteiger partial charge in [-0.05, 0) is 37.1 Å². The molecule has 4 rings (SSSR count). The van der Waals surface area contributed by atoms with Crippen LogP contribution >= 0.6 is 0 Å². The minimum Gasteiger partial charge on any atom is -0.459 e. The van der Waals surface area contributed by atoms with Gasteiger partial charge < -0.3 is 24.3 Å². The number of carbonyl (C=O) groups excluding carboxylic acids is 1. The maximum Gasteiger partial charge on any atom is 0.252 e. The molecular formula is C19H20N2O5. The van der Waals surface area contributed by atoms with Crippen molar-refractivity contribution in [2.75, 3.05) is 13.4 Å². The summed E-state index contributed by atoms with van der Waals surface area (Å²) in [6, 6.07) is 10.8. The van der Waals surface area contributed by atoms with E-state index in [1.54, 1.807) is 24.4 Å². The van der Waals surface area contributed by atoms with Gasteiger partial charge in [-0.1, -0.05) is 6.07 Å². The smallest absolute Gasteiger partial charge is 0.252 e. The number of hydrogen-bond acceptors (Lipinski definition) is 6. The zero-order chi connectivity index (χ0) is 18.0. The molecule has 0 saturated carbocycles. The Kier molecular flexibility index (Phi) is 4.38. The van der Waals surface area contributed by atoms with E-state index in [-0.39, 0.29) is 18.8 Å². The second kappa shape index (κ2) is 6.84. The lowest BCUT2D eigenvalue weighted by Crippen LogP contribution is -2.58. The van der Waals surface area contributed by atoms with Gasteiger partial charge in [0, 0.05) is 25.8 Å². The third-order valence-electron chi connectivity index (χ3n) is 4.41. The van der Waals surface area contributed by atoms with Crippen LogP contribution in [0.3, 0.4) is 0 Å². The Morgan fingerprint density at radius 1 is 1.27 bits per heavy atom. The van der Waals surface area contributed by atoms with Crippen LogP contribution in [0.5, 0.6) is 17.2 Å². The molecule has 0 bridgehead atoms. The number of nitrogens with one attached hydrogen (secondary N) is 1. The van der Waals surface area contributed by atoms with Gasteiger partial charge in [0.15, 0.2) is 11.5 Å². The molecule has 2 aliphatic rings. The number of fused-ring (bicyclic) bond motifs is 1. The van der Waals surface area contributed by atoms with E-state index in [9.17, 15) is 4.79 Å². The van der Waals surface area contributed by atoms with Crippen LogP contribution in [0, 0.1) is 0 Å². The average Bonchev–Trinajstić information content (AvgIpc) is 3.33. The van der Waals surface area contributed by atoms with Crippen LogP contribution in [0.2, 0.25) is 0 Å². The summed E-state index contributed by atoms with van der Waals surface area (Å²) in [6.45, 7) is 2.25. The molecule has 1 amide bonds. The van der Waals surface area contributed by atoms with E-state index in [1.165, 1.54) is 6.92 Å². The molecule has 0 aliphatic carbocycles. The van der Waals surface area contributed by atoms with Crippen molar-refractivity contribution in [1.82, 2.24) is 10.3 Å². The highest BCUT2D eigenvalue weighted by atomic mass is 16.7. The third kappa shape index (κ3) is 3.06. The van der Waals surface area contributed by atoms with Crippen molar-refractivity contribution in [2.45, 2.75) is 31.6 Å². The number of ether oxygens (including phenoxy) is 4. The fraction of sp³-hybridized carbons (Fsp3) is 0.368. The summed E-state index contributed by atoms with van der Waals surface area (Å²) in [5.74, 6) is 1.57. The summed E-state index contributed by atoms with van der Waals surface area (Å²) < 4.78 is 23.0. The largest absolute Gasteiger partial charge is 0.459 e. The molecule has 1 fully saturated rings. The molecule has 2 aromatic rings. The molecule has 0 spiro atoms. The number of benzene rings is 1. The van der Waals surface area contributed by atoms with Crippen LogP contribution in [0.25, 0.3) is 0 Å². The summed E-state index contributed by atoms with van der Waals surface area (Å²) in [7, 11) is 0. The topological polar surface area (TPSA) is 78.9 Å². The first-order chi connectivity index (χ1) is 12.7. The van der Waals surface area contributed by atoms with Crippen molar-refractivity contribution in [3.63, 3.8) is 0 Å². The summed E-state index contributed by atoms with van der Waals surface area (Å²) in [4.78, 5) is 16.5. The monoisotopic (exact) mass is 356 g/mol. The van der Waals surface area contributed by atoms with Gasteiger partial charge in [0.1, 0.15) is 17.5 Å². The number of nitrogens with zero attached hydrogens (tertiary/aromatic N) is 1. The van der Waals surface area contributed by atoms with Crippen LogP contribution in [0.15, 0.2) is 42.6 Å². The molecular weight excluding hydrogens is 336 g/mol. The summed E-state index contributed by atoms with van der Waals surface area (Å²) in [5, 5.41) is 2.95. The maximum atomic E-state index is 12.0. The van der Waals surface area contributed by atoms with E-state index in [1.807, 2.05) is 18.2 Å². The van der Waals surface area contributed by atoms with Crippen molar-refractivity contribution in [3.8, 4) is 17.2 Å². The van der Waals surface area contributed by atoms with Gasteiger partial charge in [-0.2, -0.15) is 0 Å². The maximum absolute atomic E-state index is 12.0. The Morgan fingerprint density at radius 2 is 2.15 bits per heavy atom. The lowest BCUT2D eigenvalue weighted by Gasteiger charge is -2.38. The number of amides is 1. The predicted molar refractivity (Wildman–Crippen MR) is 91.9 cm³/mol.